The molecular formula is C39H46N2O4. The van der Waals surface area contributed by atoms with E-state index in [-0.39, 0.29) is 29.1 Å². The maximum absolute atomic E-state index is 13.4. The summed E-state index contributed by atoms with van der Waals surface area (Å²) in [7, 11) is 0. The van der Waals surface area contributed by atoms with Crippen LogP contribution in [0.4, 0.5) is 0 Å². The van der Waals surface area contributed by atoms with Crippen molar-refractivity contribution in [1.29, 1.82) is 0 Å². The van der Waals surface area contributed by atoms with Crippen LogP contribution in [0.15, 0.2) is 66.7 Å². The Morgan fingerprint density at radius 3 is 2.58 bits per heavy atom. The van der Waals surface area contributed by atoms with Gasteiger partial charge < -0.3 is 20.3 Å². The van der Waals surface area contributed by atoms with Gasteiger partial charge in [-0.25, -0.2) is 0 Å². The third kappa shape index (κ3) is 5.79. The summed E-state index contributed by atoms with van der Waals surface area (Å²) < 4.78 is 5.88. The van der Waals surface area contributed by atoms with Crippen molar-refractivity contribution in [3.63, 3.8) is 0 Å². The van der Waals surface area contributed by atoms with Gasteiger partial charge in [0.25, 0.3) is 5.91 Å². The van der Waals surface area contributed by atoms with Crippen LogP contribution in [0.1, 0.15) is 72.1 Å². The molecule has 2 bridgehead atoms. The number of amides is 1. The molecular weight excluding hydrogens is 560 g/mol. The number of ether oxygens (including phenoxy) is 1. The lowest BCUT2D eigenvalue weighted by atomic mass is 9.53. The molecule has 3 aliphatic carbocycles. The van der Waals surface area contributed by atoms with Crippen molar-refractivity contribution >= 4 is 5.91 Å². The molecule has 1 aliphatic heterocycles. The smallest absolute Gasteiger partial charge is 0.255 e. The molecule has 0 radical (unpaired) electrons. The number of hydrogen-bond acceptors (Lipinski definition) is 5. The topological polar surface area (TPSA) is 82.0 Å². The molecule has 0 aromatic heterocycles. The Balaban J connectivity index is 1.04. The van der Waals surface area contributed by atoms with E-state index >= 15 is 0 Å². The Morgan fingerprint density at radius 2 is 1.84 bits per heavy atom. The number of benzene rings is 3. The molecule has 3 aromatic rings. The Hall–Kier alpha value is -3.61. The van der Waals surface area contributed by atoms with Gasteiger partial charge >= 0.3 is 0 Å². The molecule has 2 unspecified atom stereocenters. The highest BCUT2D eigenvalue weighted by Gasteiger charge is 2.55. The van der Waals surface area contributed by atoms with Crippen molar-refractivity contribution < 1.29 is 19.7 Å². The van der Waals surface area contributed by atoms with Crippen LogP contribution in [0.25, 0.3) is 11.1 Å². The Labute approximate surface area is 267 Å². The number of aliphatic hydroxyl groups excluding tert-OH is 1. The highest BCUT2D eigenvalue weighted by atomic mass is 16.5. The number of phenolic OH excluding ortho intramolecular Hbond substituents is 1. The number of fused-ring (bicyclic) bond motifs is 1. The summed E-state index contributed by atoms with van der Waals surface area (Å²) in [5.74, 6) is 1.83. The highest BCUT2D eigenvalue weighted by Crippen LogP contribution is 2.57. The number of carbonyl (C=O) groups excluding carboxylic acids is 1. The number of hydrogen-bond donors (Lipinski definition) is 3. The number of aromatic hydroxyl groups is 1. The number of piperidine rings is 1. The van der Waals surface area contributed by atoms with E-state index in [2.05, 4.69) is 65.7 Å². The molecule has 4 atom stereocenters. The molecule has 1 amide bonds. The number of aryl methyl sites for hydroxylation is 1. The standard InChI is InChI=1S/C39H46N2O4/c1-24(2)45-35-15-11-29(20-25(35)3)28-8-6-26(7-9-28)16-18-40-38(44)32-13-10-30-21-34-33-14-12-31(42)22-39(33,36(30)37(32)43)17-19-41(34)23-27-4-5-27/h6-15,20,24,27,31,33-34,42-43H,4-5,16-19,21-23H2,1-3H3,(H,40,44)/t31-,33-,34?,39?/m0/s1. The monoisotopic (exact) mass is 606 g/mol. The Kier molecular flexibility index (Phi) is 7.99. The van der Waals surface area contributed by atoms with E-state index in [9.17, 15) is 15.0 Å². The minimum absolute atomic E-state index is 0.107. The third-order valence-corrected chi connectivity index (χ3v) is 10.6. The molecule has 2 fully saturated rings. The number of aliphatic hydroxyl groups is 1. The van der Waals surface area contributed by atoms with Gasteiger partial charge in [0.05, 0.1) is 17.8 Å². The number of phenols is 1. The van der Waals surface area contributed by atoms with E-state index in [1.807, 2.05) is 26.0 Å². The maximum Gasteiger partial charge on any atom is 0.255 e. The molecule has 3 N–H and O–H groups in total. The lowest BCUT2D eigenvalue weighted by Gasteiger charge is -2.58. The fraction of sp³-hybridized carbons (Fsp3) is 0.462. The van der Waals surface area contributed by atoms with Crippen molar-refractivity contribution in [2.45, 2.75) is 83.0 Å². The predicted octanol–water partition coefficient (Wildman–Crippen LogP) is 6.34. The van der Waals surface area contributed by atoms with Crippen LogP contribution < -0.4 is 10.1 Å². The second-order valence-corrected chi connectivity index (χ2v) is 14.1. The second-order valence-electron chi connectivity index (χ2n) is 14.1. The first kappa shape index (κ1) is 30.1. The number of nitrogens with zero attached hydrogens (tertiary/aromatic N) is 1. The summed E-state index contributed by atoms with van der Waals surface area (Å²) in [6.07, 6.45) is 9.47. The Morgan fingerprint density at radius 1 is 1.07 bits per heavy atom. The van der Waals surface area contributed by atoms with Gasteiger partial charge in [-0.3, -0.25) is 9.69 Å². The van der Waals surface area contributed by atoms with E-state index in [1.165, 1.54) is 12.8 Å². The molecule has 1 heterocycles. The molecule has 45 heavy (non-hydrogen) atoms. The first-order chi connectivity index (χ1) is 21.7. The molecule has 236 valence electrons. The van der Waals surface area contributed by atoms with Crippen LogP contribution >= 0.6 is 0 Å². The summed E-state index contributed by atoms with van der Waals surface area (Å²) in [6, 6.07) is 19.0. The number of rotatable bonds is 9. The number of likely N-dealkylation sites (tertiary alicyclic amines) is 1. The maximum atomic E-state index is 13.4. The minimum Gasteiger partial charge on any atom is -0.507 e. The first-order valence-electron chi connectivity index (χ1n) is 16.8. The van der Waals surface area contributed by atoms with Crippen molar-refractivity contribution in [2.24, 2.45) is 11.8 Å². The summed E-state index contributed by atoms with van der Waals surface area (Å²) in [5, 5.41) is 25.5. The lowest BCUT2D eigenvalue weighted by Crippen LogP contribution is -2.61. The zero-order valence-corrected chi connectivity index (χ0v) is 26.8. The summed E-state index contributed by atoms with van der Waals surface area (Å²) >= 11 is 0. The van der Waals surface area contributed by atoms with E-state index in [0.717, 1.165) is 71.0 Å². The number of carbonyl (C=O) groups is 1. The largest absolute Gasteiger partial charge is 0.507 e. The molecule has 4 aliphatic rings. The fourth-order valence-corrected chi connectivity index (χ4v) is 8.28. The normalized spacial score (nSPS) is 25.5. The van der Waals surface area contributed by atoms with Gasteiger partial charge in [0.1, 0.15) is 11.5 Å². The molecule has 7 rings (SSSR count). The summed E-state index contributed by atoms with van der Waals surface area (Å²) in [4.78, 5) is 16.1. The lowest BCUT2D eigenvalue weighted by molar-refractivity contribution is 0.00393. The van der Waals surface area contributed by atoms with Crippen molar-refractivity contribution in [3.05, 3.63) is 94.6 Å². The van der Waals surface area contributed by atoms with Gasteiger partial charge in [0.2, 0.25) is 0 Å². The third-order valence-electron chi connectivity index (χ3n) is 10.6. The molecule has 6 nitrogen and oxygen atoms in total. The van der Waals surface area contributed by atoms with Gasteiger partial charge in [0.15, 0.2) is 0 Å². The van der Waals surface area contributed by atoms with Gasteiger partial charge in [-0.15, -0.1) is 0 Å². The molecule has 6 heteroatoms. The van der Waals surface area contributed by atoms with Gasteiger partial charge in [-0.1, -0.05) is 48.6 Å². The van der Waals surface area contributed by atoms with Crippen molar-refractivity contribution in [1.82, 2.24) is 10.2 Å². The quantitative estimate of drug-likeness (QED) is 0.248. The second kappa shape index (κ2) is 12.0. The van der Waals surface area contributed by atoms with Crippen LogP contribution in [0.3, 0.4) is 0 Å². The number of nitrogens with one attached hydrogen (secondary N) is 1. The summed E-state index contributed by atoms with van der Waals surface area (Å²) in [5.41, 5.74) is 6.57. The van der Waals surface area contributed by atoms with Crippen LogP contribution in [-0.2, 0) is 18.3 Å². The van der Waals surface area contributed by atoms with Gasteiger partial charge in [-0.2, -0.15) is 0 Å². The molecule has 3 aromatic carbocycles. The van der Waals surface area contributed by atoms with Crippen LogP contribution in [-0.4, -0.2) is 58.9 Å². The zero-order valence-electron chi connectivity index (χ0n) is 26.8. The average Bonchev–Trinajstić information content (AvgIpc) is 3.83. The van der Waals surface area contributed by atoms with Crippen LogP contribution in [0.5, 0.6) is 11.5 Å². The van der Waals surface area contributed by atoms with E-state index in [0.29, 0.717) is 31.0 Å². The van der Waals surface area contributed by atoms with E-state index in [4.69, 9.17) is 4.74 Å². The first-order valence-corrected chi connectivity index (χ1v) is 16.8. The minimum atomic E-state index is -0.534. The fourth-order valence-electron chi connectivity index (χ4n) is 8.28. The molecule has 1 saturated carbocycles. The predicted molar refractivity (Wildman–Crippen MR) is 178 cm³/mol. The van der Waals surface area contributed by atoms with Gasteiger partial charge in [0, 0.05) is 36.0 Å². The summed E-state index contributed by atoms with van der Waals surface area (Å²) in [6.45, 7) is 8.74. The molecule has 1 saturated heterocycles. The van der Waals surface area contributed by atoms with E-state index < -0.39 is 6.10 Å². The van der Waals surface area contributed by atoms with Crippen LogP contribution in [0.2, 0.25) is 0 Å². The van der Waals surface area contributed by atoms with Crippen LogP contribution in [0, 0.1) is 18.8 Å². The van der Waals surface area contributed by atoms with Crippen molar-refractivity contribution in [2.75, 3.05) is 19.6 Å². The van der Waals surface area contributed by atoms with Crippen molar-refractivity contribution in [3.8, 4) is 22.6 Å². The highest BCUT2D eigenvalue weighted by molar-refractivity contribution is 5.97. The zero-order chi connectivity index (χ0) is 31.3. The van der Waals surface area contributed by atoms with Gasteiger partial charge in [-0.05, 0) is 118 Å². The Bertz CT molecular complexity index is 1610. The SMILES string of the molecule is Cc1cc(-c2ccc(CCNC(=O)c3ccc4c(c3O)C35CCN(CC6CC6)C(C4)[C@@H]3C=C[C@H](O)C5)cc2)ccc1OC(C)C. The molecule has 0 spiro atoms. The average molecular weight is 607 g/mol. The van der Waals surface area contributed by atoms with E-state index in [1.54, 1.807) is 6.07 Å².